The van der Waals surface area contributed by atoms with Crippen molar-refractivity contribution in [2.75, 3.05) is 19.7 Å². The topological polar surface area (TPSA) is 33.3 Å². The third-order valence-electron chi connectivity index (χ3n) is 2.21. The van der Waals surface area contributed by atoms with Gasteiger partial charge < -0.3 is 10.2 Å². The van der Waals surface area contributed by atoms with Gasteiger partial charge in [0.15, 0.2) is 0 Å². The SMILES string of the molecule is C=C(C)C1=CCNCC1NOCCC. The molecule has 0 spiro atoms. The molecule has 2 N–H and O–H groups in total. The minimum Gasteiger partial charge on any atom is -0.311 e. The number of rotatable bonds is 5. The van der Waals surface area contributed by atoms with E-state index < -0.39 is 0 Å². The molecule has 1 aliphatic heterocycles. The molecule has 0 radical (unpaired) electrons. The molecule has 1 rings (SSSR count). The van der Waals surface area contributed by atoms with E-state index in [1.165, 1.54) is 5.57 Å². The van der Waals surface area contributed by atoms with E-state index in [-0.39, 0.29) is 6.04 Å². The number of hydroxylamine groups is 1. The normalized spacial score (nSPS) is 21.9. The van der Waals surface area contributed by atoms with Crippen LogP contribution in [0.3, 0.4) is 0 Å². The van der Waals surface area contributed by atoms with Gasteiger partial charge in [0, 0.05) is 13.1 Å². The van der Waals surface area contributed by atoms with Crippen LogP contribution in [0.5, 0.6) is 0 Å². The van der Waals surface area contributed by atoms with Crippen LogP contribution in [-0.4, -0.2) is 25.7 Å². The molecule has 0 fully saturated rings. The van der Waals surface area contributed by atoms with E-state index >= 15 is 0 Å². The van der Waals surface area contributed by atoms with Gasteiger partial charge in [0.25, 0.3) is 0 Å². The highest BCUT2D eigenvalue weighted by Crippen LogP contribution is 2.14. The Kier molecular flexibility index (Phi) is 4.87. The molecule has 0 aromatic carbocycles. The second kappa shape index (κ2) is 5.96. The van der Waals surface area contributed by atoms with Gasteiger partial charge in [0.05, 0.1) is 12.6 Å². The highest BCUT2D eigenvalue weighted by Gasteiger charge is 2.17. The van der Waals surface area contributed by atoms with Gasteiger partial charge in [-0.3, -0.25) is 0 Å². The first-order valence-electron chi connectivity index (χ1n) is 5.19. The molecule has 0 amide bonds. The predicted molar refractivity (Wildman–Crippen MR) is 58.9 cm³/mol. The highest BCUT2D eigenvalue weighted by atomic mass is 16.6. The summed E-state index contributed by atoms with van der Waals surface area (Å²) in [5.41, 5.74) is 5.44. The average molecular weight is 196 g/mol. The van der Waals surface area contributed by atoms with Crippen LogP contribution in [0.2, 0.25) is 0 Å². The third-order valence-corrected chi connectivity index (χ3v) is 2.21. The number of nitrogens with one attached hydrogen (secondary N) is 2. The fraction of sp³-hybridized carbons (Fsp3) is 0.636. The second-order valence-corrected chi connectivity index (χ2v) is 3.62. The minimum absolute atomic E-state index is 0.243. The molecule has 0 saturated heterocycles. The van der Waals surface area contributed by atoms with Crippen LogP contribution in [0.4, 0.5) is 0 Å². The number of hydrogen-bond acceptors (Lipinski definition) is 3. The zero-order valence-electron chi connectivity index (χ0n) is 9.10. The van der Waals surface area contributed by atoms with Crippen molar-refractivity contribution in [3.8, 4) is 0 Å². The standard InChI is InChI=1S/C11H20N2O/c1-4-7-14-13-11-8-12-6-5-10(11)9(2)3/h5,11-13H,2,4,6-8H2,1,3H3. The summed E-state index contributed by atoms with van der Waals surface area (Å²) in [4.78, 5) is 5.33. The summed E-state index contributed by atoms with van der Waals surface area (Å²) in [5, 5.41) is 3.29. The Hall–Kier alpha value is -0.640. The largest absolute Gasteiger partial charge is 0.311 e. The molecule has 3 nitrogen and oxygen atoms in total. The Morgan fingerprint density at radius 2 is 2.57 bits per heavy atom. The van der Waals surface area contributed by atoms with Gasteiger partial charge in [-0.2, -0.15) is 5.48 Å². The molecule has 0 aromatic rings. The molecule has 80 valence electrons. The molecule has 3 heteroatoms. The van der Waals surface area contributed by atoms with Gasteiger partial charge in [-0.25, -0.2) is 0 Å². The first-order chi connectivity index (χ1) is 6.75. The van der Waals surface area contributed by atoms with Crippen molar-refractivity contribution < 1.29 is 4.84 Å². The summed E-state index contributed by atoms with van der Waals surface area (Å²) in [7, 11) is 0. The molecule has 0 bridgehead atoms. The average Bonchev–Trinajstić information content (AvgIpc) is 2.19. The highest BCUT2D eigenvalue weighted by molar-refractivity contribution is 5.33. The summed E-state index contributed by atoms with van der Waals surface area (Å²) >= 11 is 0. The van der Waals surface area contributed by atoms with Crippen molar-refractivity contribution in [1.29, 1.82) is 0 Å². The van der Waals surface area contributed by atoms with Gasteiger partial charge in [0.1, 0.15) is 0 Å². The van der Waals surface area contributed by atoms with E-state index in [4.69, 9.17) is 4.84 Å². The lowest BCUT2D eigenvalue weighted by molar-refractivity contribution is 0.0241. The minimum atomic E-state index is 0.243. The predicted octanol–water partition coefficient (Wildman–Crippen LogP) is 1.39. The Morgan fingerprint density at radius 1 is 1.79 bits per heavy atom. The molecule has 14 heavy (non-hydrogen) atoms. The first-order valence-corrected chi connectivity index (χ1v) is 5.19. The van der Waals surface area contributed by atoms with E-state index in [0.29, 0.717) is 0 Å². The van der Waals surface area contributed by atoms with Crippen molar-refractivity contribution in [1.82, 2.24) is 10.8 Å². The summed E-state index contributed by atoms with van der Waals surface area (Å²) < 4.78 is 0. The summed E-state index contributed by atoms with van der Waals surface area (Å²) in [6.07, 6.45) is 3.19. The Bertz CT molecular complexity index is 223. The van der Waals surface area contributed by atoms with Gasteiger partial charge in [-0.1, -0.05) is 25.2 Å². The molecule has 1 aliphatic rings. The lowest BCUT2D eigenvalue weighted by Crippen LogP contribution is -2.43. The van der Waals surface area contributed by atoms with E-state index in [1.807, 2.05) is 6.92 Å². The van der Waals surface area contributed by atoms with E-state index in [9.17, 15) is 0 Å². The summed E-state index contributed by atoms with van der Waals surface area (Å²) in [6.45, 7) is 10.7. The smallest absolute Gasteiger partial charge is 0.0695 e. The van der Waals surface area contributed by atoms with Gasteiger partial charge in [0.2, 0.25) is 0 Å². The molecular weight excluding hydrogens is 176 g/mol. The van der Waals surface area contributed by atoms with Crippen molar-refractivity contribution in [3.05, 3.63) is 23.8 Å². The first kappa shape index (κ1) is 11.4. The van der Waals surface area contributed by atoms with E-state index in [1.54, 1.807) is 0 Å². The van der Waals surface area contributed by atoms with Crippen LogP contribution in [0.1, 0.15) is 20.3 Å². The Balaban J connectivity index is 2.44. The monoisotopic (exact) mass is 196 g/mol. The Labute approximate surface area is 86.2 Å². The Morgan fingerprint density at radius 3 is 3.21 bits per heavy atom. The maximum Gasteiger partial charge on any atom is 0.0695 e. The summed E-state index contributed by atoms with van der Waals surface area (Å²) in [5.74, 6) is 0. The van der Waals surface area contributed by atoms with Crippen LogP contribution in [-0.2, 0) is 4.84 Å². The van der Waals surface area contributed by atoms with E-state index in [2.05, 4.69) is 30.4 Å². The van der Waals surface area contributed by atoms with Crippen molar-refractivity contribution >= 4 is 0 Å². The van der Waals surface area contributed by atoms with Gasteiger partial charge in [-0.15, -0.1) is 0 Å². The maximum absolute atomic E-state index is 5.33. The van der Waals surface area contributed by atoms with Gasteiger partial charge >= 0.3 is 0 Å². The number of hydrogen-bond donors (Lipinski definition) is 2. The molecular formula is C11H20N2O. The lowest BCUT2D eigenvalue weighted by atomic mass is 9.98. The molecule has 0 aliphatic carbocycles. The molecule has 0 aromatic heterocycles. The van der Waals surface area contributed by atoms with Crippen LogP contribution < -0.4 is 10.8 Å². The van der Waals surface area contributed by atoms with Crippen LogP contribution in [0, 0.1) is 0 Å². The molecule has 1 atom stereocenters. The zero-order chi connectivity index (χ0) is 10.4. The third kappa shape index (κ3) is 3.25. The second-order valence-electron chi connectivity index (χ2n) is 3.62. The van der Waals surface area contributed by atoms with Crippen molar-refractivity contribution in [2.24, 2.45) is 0 Å². The van der Waals surface area contributed by atoms with Crippen LogP contribution >= 0.6 is 0 Å². The van der Waals surface area contributed by atoms with Gasteiger partial charge in [-0.05, 0) is 18.9 Å². The van der Waals surface area contributed by atoms with Crippen molar-refractivity contribution in [3.63, 3.8) is 0 Å². The fourth-order valence-corrected chi connectivity index (χ4v) is 1.50. The quantitative estimate of drug-likeness (QED) is 0.515. The lowest BCUT2D eigenvalue weighted by Gasteiger charge is -2.25. The molecule has 1 unspecified atom stereocenters. The fourth-order valence-electron chi connectivity index (χ4n) is 1.50. The zero-order valence-corrected chi connectivity index (χ0v) is 9.10. The molecule has 1 heterocycles. The molecule has 0 saturated carbocycles. The van der Waals surface area contributed by atoms with Crippen molar-refractivity contribution in [2.45, 2.75) is 26.3 Å². The maximum atomic E-state index is 5.33. The van der Waals surface area contributed by atoms with Crippen LogP contribution in [0.25, 0.3) is 0 Å². The van der Waals surface area contributed by atoms with E-state index in [0.717, 1.165) is 31.7 Å². The summed E-state index contributed by atoms with van der Waals surface area (Å²) in [6, 6.07) is 0.243. The van der Waals surface area contributed by atoms with Crippen LogP contribution in [0.15, 0.2) is 23.8 Å².